The Morgan fingerprint density at radius 3 is 2.56 bits per heavy atom. The zero-order valence-corrected chi connectivity index (χ0v) is 15.6. The van der Waals surface area contributed by atoms with Crippen molar-refractivity contribution in [3.8, 4) is 0 Å². The second kappa shape index (κ2) is 8.02. The number of alkyl halides is 3. The highest BCUT2D eigenvalue weighted by Gasteiger charge is 2.33. The molecule has 2 unspecified atom stereocenters. The van der Waals surface area contributed by atoms with Gasteiger partial charge in [-0.2, -0.15) is 13.2 Å². The fourth-order valence-electron chi connectivity index (χ4n) is 2.62. The lowest BCUT2D eigenvalue weighted by atomic mass is 10.00. The fraction of sp³-hybridized carbons (Fsp3) is 0.353. The number of rotatable bonds is 5. The number of nitrogens with one attached hydrogen (secondary N) is 1. The third-order valence-electron chi connectivity index (χ3n) is 4.09. The van der Waals surface area contributed by atoms with Gasteiger partial charge in [0.2, 0.25) is 0 Å². The fourth-order valence-corrected chi connectivity index (χ4v) is 4.26. The summed E-state index contributed by atoms with van der Waals surface area (Å²) in [5.41, 5.74) is -1.94. The number of hydrogen-bond acceptors (Lipinski definition) is 3. The summed E-state index contributed by atoms with van der Waals surface area (Å²) in [5, 5.41) is 1.61. The molecule has 148 valence electrons. The summed E-state index contributed by atoms with van der Waals surface area (Å²) in [6.45, 7) is 1.23. The molecule has 1 N–H and O–H groups in total. The van der Waals surface area contributed by atoms with Crippen LogP contribution >= 0.6 is 11.6 Å². The Morgan fingerprint density at radius 2 is 1.96 bits per heavy atom. The van der Waals surface area contributed by atoms with Crippen molar-refractivity contribution < 1.29 is 30.8 Å². The first-order chi connectivity index (χ1) is 12.5. The van der Waals surface area contributed by atoms with Crippen molar-refractivity contribution in [1.29, 1.82) is 0 Å². The zero-order valence-electron chi connectivity index (χ0n) is 14.1. The minimum absolute atomic E-state index is 0.139. The van der Waals surface area contributed by atoms with E-state index in [4.69, 9.17) is 11.6 Å². The molecule has 1 aromatic carbocycles. The third-order valence-corrected chi connectivity index (χ3v) is 6.49. The highest BCUT2D eigenvalue weighted by molar-refractivity contribution is 7.92. The molecular weight excluding hydrogens is 410 g/mol. The molecular formula is C17H16ClF4NO3S. The average Bonchev–Trinajstić information content (AvgIpc) is 2.58. The number of benzene rings is 1. The maximum Gasteiger partial charge on any atom is 0.416 e. The Morgan fingerprint density at radius 1 is 1.30 bits per heavy atom. The van der Waals surface area contributed by atoms with E-state index in [2.05, 4.69) is 5.32 Å². The molecule has 10 heteroatoms. The van der Waals surface area contributed by atoms with Gasteiger partial charge >= 0.3 is 6.18 Å². The molecule has 0 aromatic heterocycles. The Hall–Kier alpha value is -1.87. The Labute approximate surface area is 158 Å². The van der Waals surface area contributed by atoms with Crippen molar-refractivity contribution >= 4 is 27.3 Å². The quantitative estimate of drug-likeness (QED) is 0.732. The lowest BCUT2D eigenvalue weighted by molar-refractivity contribution is -0.137. The molecule has 0 heterocycles. The van der Waals surface area contributed by atoms with Crippen LogP contribution in [0.5, 0.6) is 0 Å². The number of carbonyl (C=O) groups excluding carboxylic acids is 1. The van der Waals surface area contributed by atoms with Crippen molar-refractivity contribution in [3.05, 3.63) is 58.4 Å². The predicted molar refractivity (Wildman–Crippen MR) is 93.6 cm³/mol. The predicted octanol–water partition coefficient (Wildman–Crippen LogP) is 3.69. The minimum Gasteiger partial charge on any atom is -0.351 e. The second-order valence-corrected chi connectivity index (χ2v) is 8.78. The highest BCUT2D eigenvalue weighted by atomic mass is 35.5. The molecule has 0 saturated heterocycles. The first-order valence-corrected chi connectivity index (χ1v) is 9.97. The lowest BCUT2D eigenvalue weighted by Gasteiger charge is -2.25. The van der Waals surface area contributed by atoms with E-state index in [9.17, 15) is 30.8 Å². The van der Waals surface area contributed by atoms with E-state index in [0.717, 1.165) is 0 Å². The van der Waals surface area contributed by atoms with Gasteiger partial charge in [-0.3, -0.25) is 4.79 Å². The number of halogens is 5. The molecule has 2 atom stereocenters. The highest BCUT2D eigenvalue weighted by Crippen LogP contribution is 2.30. The van der Waals surface area contributed by atoms with Gasteiger partial charge in [-0.15, -0.1) is 0 Å². The number of sulfone groups is 1. The maximum absolute atomic E-state index is 13.8. The van der Waals surface area contributed by atoms with Crippen molar-refractivity contribution in [3.63, 3.8) is 0 Å². The van der Waals surface area contributed by atoms with Gasteiger partial charge in [-0.25, -0.2) is 12.8 Å². The van der Waals surface area contributed by atoms with Crippen LogP contribution in [0, 0.1) is 11.7 Å². The molecule has 1 aromatic rings. The minimum atomic E-state index is -4.73. The molecule has 0 saturated carbocycles. The van der Waals surface area contributed by atoms with Gasteiger partial charge in [0.25, 0.3) is 5.91 Å². The van der Waals surface area contributed by atoms with Gasteiger partial charge < -0.3 is 5.32 Å². The SMILES string of the molecule is CCS(=O)(=O)C1C=CC(Cl)=CC1CNC(=O)c1cc(C(F)(F)F)ccc1F. The van der Waals surface area contributed by atoms with Crippen LogP contribution in [0.3, 0.4) is 0 Å². The molecule has 1 aliphatic rings. The normalized spacial score (nSPS) is 20.3. The van der Waals surface area contributed by atoms with Gasteiger partial charge in [0.05, 0.1) is 16.4 Å². The van der Waals surface area contributed by atoms with E-state index in [1.165, 1.54) is 25.2 Å². The third kappa shape index (κ3) is 5.10. The van der Waals surface area contributed by atoms with E-state index >= 15 is 0 Å². The van der Waals surface area contributed by atoms with Gasteiger partial charge in [-0.05, 0) is 24.3 Å². The Balaban J connectivity index is 2.20. The summed E-state index contributed by atoms with van der Waals surface area (Å²) >= 11 is 5.88. The molecule has 2 rings (SSSR count). The van der Waals surface area contributed by atoms with Crippen molar-refractivity contribution in [2.45, 2.75) is 18.3 Å². The van der Waals surface area contributed by atoms with Crippen LogP contribution in [0.2, 0.25) is 0 Å². The monoisotopic (exact) mass is 425 g/mol. The van der Waals surface area contributed by atoms with Crippen LogP contribution in [0.15, 0.2) is 41.5 Å². The topological polar surface area (TPSA) is 63.2 Å². The summed E-state index contributed by atoms with van der Waals surface area (Å²) in [7, 11) is -3.50. The van der Waals surface area contributed by atoms with Crippen molar-refractivity contribution in [1.82, 2.24) is 5.32 Å². The summed E-state index contributed by atoms with van der Waals surface area (Å²) in [6, 6.07) is 1.50. The van der Waals surface area contributed by atoms with E-state index in [0.29, 0.717) is 18.2 Å². The van der Waals surface area contributed by atoms with Gasteiger partial charge in [0.15, 0.2) is 9.84 Å². The lowest BCUT2D eigenvalue weighted by Crippen LogP contribution is -2.38. The number of amides is 1. The Kier molecular flexibility index (Phi) is 6.36. The first kappa shape index (κ1) is 21.4. The number of hydrogen-bond donors (Lipinski definition) is 1. The molecule has 27 heavy (non-hydrogen) atoms. The van der Waals surface area contributed by atoms with Crippen LogP contribution < -0.4 is 5.32 Å². The standard InChI is InChI=1S/C17H16ClF4NO3S/c1-2-27(25,26)15-6-4-12(18)7-10(15)9-23-16(24)13-8-11(17(20,21)22)3-5-14(13)19/h3-8,10,15H,2,9H2,1H3,(H,23,24). The van der Waals surface area contributed by atoms with Gasteiger partial charge in [-0.1, -0.05) is 30.7 Å². The molecule has 0 spiro atoms. The van der Waals surface area contributed by atoms with Crippen LogP contribution in [0.25, 0.3) is 0 Å². The molecule has 0 bridgehead atoms. The van der Waals surface area contributed by atoms with E-state index in [1.54, 1.807) is 0 Å². The largest absolute Gasteiger partial charge is 0.416 e. The second-order valence-electron chi connectivity index (χ2n) is 5.89. The van der Waals surface area contributed by atoms with Gasteiger partial charge in [0.1, 0.15) is 5.82 Å². The molecule has 0 aliphatic heterocycles. The molecule has 0 radical (unpaired) electrons. The summed E-state index contributed by atoms with van der Waals surface area (Å²) < 4.78 is 76.4. The van der Waals surface area contributed by atoms with Crippen LogP contribution in [0.1, 0.15) is 22.8 Å². The molecule has 4 nitrogen and oxygen atoms in total. The summed E-state index contributed by atoms with van der Waals surface area (Å²) in [5.74, 6) is -3.06. The van der Waals surface area contributed by atoms with Crippen LogP contribution in [-0.4, -0.2) is 31.9 Å². The van der Waals surface area contributed by atoms with Crippen molar-refractivity contribution in [2.75, 3.05) is 12.3 Å². The zero-order chi connectivity index (χ0) is 20.4. The summed E-state index contributed by atoms with van der Waals surface area (Å²) in [4.78, 5) is 12.2. The van der Waals surface area contributed by atoms with E-state index in [1.807, 2.05) is 0 Å². The number of carbonyl (C=O) groups is 1. The number of allylic oxidation sites excluding steroid dienone is 2. The van der Waals surface area contributed by atoms with Crippen molar-refractivity contribution in [2.24, 2.45) is 5.92 Å². The van der Waals surface area contributed by atoms with Crippen LogP contribution in [0.4, 0.5) is 17.6 Å². The van der Waals surface area contributed by atoms with Gasteiger partial charge in [0, 0.05) is 23.2 Å². The molecule has 1 aliphatic carbocycles. The first-order valence-electron chi connectivity index (χ1n) is 7.87. The summed E-state index contributed by atoms with van der Waals surface area (Å²) in [6.07, 6.45) is -0.483. The Bertz CT molecular complexity index is 894. The van der Waals surface area contributed by atoms with E-state index in [-0.39, 0.29) is 17.3 Å². The van der Waals surface area contributed by atoms with Crippen LogP contribution in [-0.2, 0) is 16.0 Å². The molecule has 0 fully saturated rings. The maximum atomic E-state index is 13.8. The molecule has 1 amide bonds. The average molecular weight is 426 g/mol. The van der Waals surface area contributed by atoms with E-state index < -0.39 is 50.0 Å². The smallest absolute Gasteiger partial charge is 0.351 e.